The highest BCUT2D eigenvalue weighted by molar-refractivity contribution is 7.11. The van der Waals surface area contributed by atoms with Gasteiger partial charge in [0.1, 0.15) is 5.00 Å². The Kier molecular flexibility index (Phi) is 4.27. The van der Waals surface area contributed by atoms with Gasteiger partial charge in [-0.25, -0.2) is 0 Å². The molecule has 2 heterocycles. The third-order valence-electron chi connectivity index (χ3n) is 3.42. The summed E-state index contributed by atoms with van der Waals surface area (Å²) in [5, 5.41) is 5.93. The average Bonchev–Trinajstić information content (AvgIpc) is 2.88. The van der Waals surface area contributed by atoms with Gasteiger partial charge in [0.2, 0.25) is 0 Å². The van der Waals surface area contributed by atoms with Gasteiger partial charge in [-0.3, -0.25) is 4.90 Å². The molecule has 0 radical (unpaired) electrons. The summed E-state index contributed by atoms with van der Waals surface area (Å²) >= 11 is 1.55. The first kappa shape index (κ1) is 12.8. The zero-order valence-corrected chi connectivity index (χ0v) is 11.8. The van der Waals surface area contributed by atoms with E-state index in [9.17, 15) is 0 Å². The van der Waals surface area contributed by atoms with Crippen molar-refractivity contribution < 1.29 is 4.74 Å². The number of nitrogens with one attached hydrogen (secondary N) is 1. The SMILES string of the molecule is c1ccc2c(NCCCN3CCOCC3)snc2c1. The van der Waals surface area contributed by atoms with Gasteiger partial charge in [0, 0.05) is 25.0 Å². The minimum atomic E-state index is 0.882. The minimum absolute atomic E-state index is 0.882. The van der Waals surface area contributed by atoms with Crippen LogP contribution in [0.4, 0.5) is 5.00 Å². The summed E-state index contributed by atoms with van der Waals surface area (Å²) in [6.45, 7) is 6.06. The zero-order chi connectivity index (χ0) is 12.9. The van der Waals surface area contributed by atoms with E-state index < -0.39 is 0 Å². The Balaban J connectivity index is 1.47. The van der Waals surface area contributed by atoms with Crippen LogP contribution < -0.4 is 5.32 Å². The maximum absolute atomic E-state index is 5.35. The van der Waals surface area contributed by atoms with Gasteiger partial charge in [0.15, 0.2) is 0 Å². The summed E-state index contributed by atoms with van der Waals surface area (Å²) in [6, 6.07) is 8.29. The second-order valence-corrected chi connectivity index (χ2v) is 5.54. The average molecular weight is 277 g/mol. The Bertz CT molecular complexity index is 522. The van der Waals surface area contributed by atoms with Gasteiger partial charge >= 0.3 is 0 Å². The van der Waals surface area contributed by atoms with E-state index in [0.717, 1.165) is 51.3 Å². The van der Waals surface area contributed by atoms with E-state index in [1.54, 1.807) is 11.5 Å². The van der Waals surface area contributed by atoms with E-state index in [1.165, 1.54) is 10.4 Å². The molecule has 0 amide bonds. The van der Waals surface area contributed by atoms with Crippen molar-refractivity contribution in [3.05, 3.63) is 24.3 Å². The van der Waals surface area contributed by atoms with Crippen LogP contribution in [0.3, 0.4) is 0 Å². The fourth-order valence-corrected chi connectivity index (χ4v) is 3.13. The summed E-state index contributed by atoms with van der Waals surface area (Å²) in [6.07, 6.45) is 1.16. The van der Waals surface area contributed by atoms with Crippen LogP contribution in [0, 0.1) is 0 Å². The van der Waals surface area contributed by atoms with Gasteiger partial charge in [-0.1, -0.05) is 12.1 Å². The smallest absolute Gasteiger partial charge is 0.117 e. The Morgan fingerprint density at radius 1 is 1.26 bits per heavy atom. The van der Waals surface area contributed by atoms with Crippen molar-refractivity contribution in [3.8, 4) is 0 Å². The Labute approximate surface area is 117 Å². The lowest BCUT2D eigenvalue weighted by Crippen LogP contribution is -2.37. The fraction of sp³-hybridized carbons (Fsp3) is 0.500. The monoisotopic (exact) mass is 277 g/mol. The zero-order valence-electron chi connectivity index (χ0n) is 11.0. The number of fused-ring (bicyclic) bond motifs is 1. The maximum Gasteiger partial charge on any atom is 0.117 e. The number of hydrogen-bond acceptors (Lipinski definition) is 5. The number of aromatic nitrogens is 1. The van der Waals surface area contributed by atoms with E-state index in [2.05, 4.69) is 32.8 Å². The molecule has 1 aromatic heterocycles. The van der Waals surface area contributed by atoms with Crippen LogP contribution in [-0.2, 0) is 4.74 Å². The summed E-state index contributed by atoms with van der Waals surface area (Å²) in [4.78, 5) is 2.47. The lowest BCUT2D eigenvalue weighted by Gasteiger charge is -2.26. The summed E-state index contributed by atoms with van der Waals surface area (Å²) < 4.78 is 9.79. The molecule has 0 unspecified atom stereocenters. The molecule has 1 aliphatic heterocycles. The van der Waals surface area contributed by atoms with Gasteiger partial charge in [-0.2, -0.15) is 4.37 Å². The molecule has 0 bridgehead atoms. The molecule has 4 nitrogen and oxygen atoms in total. The number of hydrogen-bond donors (Lipinski definition) is 1. The number of anilines is 1. The topological polar surface area (TPSA) is 37.4 Å². The second kappa shape index (κ2) is 6.32. The molecule has 1 aliphatic rings. The number of nitrogens with zero attached hydrogens (tertiary/aromatic N) is 2. The molecular weight excluding hydrogens is 258 g/mol. The fourth-order valence-electron chi connectivity index (χ4n) is 2.35. The number of morpholine rings is 1. The molecule has 1 N–H and O–H groups in total. The second-order valence-electron chi connectivity index (χ2n) is 4.76. The predicted molar refractivity (Wildman–Crippen MR) is 80.0 cm³/mol. The first-order chi connectivity index (χ1) is 9.43. The van der Waals surface area contributed by atoms with E-state index in [0.29, 0.717) is 0 Å². The Hall–Kier alpha value is -1.17. The van der Waals surface area contributed by atoms with Crippen LogP contribution in [0.1, 0.15) is 6.42 Å². The van der Waals surface area contributed by atoms with Crippen LogP contribution in [0.5, 0.6) is 0 Å². The predicted octanol–water partition coefficient (Wildman–Crippen LogP) is 2.43. The highest BCUT2D eigenvalue weighted by Crippen LogP contribution is 2.26. The minimum Gasteiger partial charge on any atom is -0.379 e. The van der Waals surface area contributed by atoms with Crippen LogP contribution in [0.15, 0.2) is 24.3 Å². The van der Waals surface area contributed by atoms with Gasteiger partial charge < -0.3 is 10.1 Å². The molecule has 1 fully saturated rings. The van der Waals surface area contributed by atoms with Crippen molar-refractivity contribution >= 4 is 27.4 Å². The molecule has 2 aromatic rings. The summed E-state index contributed by atoms with van der Waals surface area (Å²) in [5.41, 5.74) is 1.09. The van der Waals surface area contributed by atoms with E-state index >= 15 is 0 Å². The quantitative estimate of drug-likeness (QED) is 0.852. The molecule has 1 aromatic carbocycles. The van der Waals surface area contributed by atoms with Crippen molar-refractivity contribution in [3.63, 3.8) is 0 Å². The first-order valence-electron chi connectivity index (χ1n) is 6.82. The lowest BCUT2D eigenvalue weighted by molar-refractivity contribution is 0.0378. The van der Waals surface area contributed by atoms with E-state index in [-0.39, 0.29) is 0 Å². The number of ether oxygens (including phenoxy) is 1. The number of rotatable bonds is 5. The summed E-state index contributed by atoms with van der Waals surface area (Å²) in [7, 11) is 0. The molecule has 5 heteroatoms. The molecule has 1 saturated heterocycles. The number of benzene rings is 1. The lowest BCUT2D eigenvalue weighted by atomic mass is 10.2. The van der Waals surface area contributed by atoms with Crippen LogP contribution in [0.25, 0.3) is 10.9 Å². The Morgan fingerprint density at radius 2 is 2.11 bits per heavy atom. The third-order valence-corrected chi connectivity index (χ3v) is 4.26. The molecule has 0 atom stereocenters. The highest BCUT2D eigenvalue weighted by Gasteiger charge is 2.09. The molecule has 0 aliphatic carbocycles. The van der Waals surface area contributed by atoms with Gasteiger partial charge in [-0.15, -0.1) is 0 Å². The molecule has 0 spiro atoms. The van der Waals surface area contributed by atoms with Gasteiger partial charge in [0.25, 0.3) is 0 Å². The van der Waals surface area contributed by atoms with Crippen molar-refractivity contribution in [2.75, 3.05) is 44.7 Å². The molecule has 19 heavy (non-hydrogen) atoms. The van der Waals surface area contributed by atoms with Crippen LogP contribution >= 0.6 is 11.5 Å². The van der Waals surface area contributed by atoms with Crippen molar-refractivity contribution in [2.24, 2.45) is 0 Å². The molecule has 0 saturated carbocycles. The first-order valence-corrected chi connectivity index (χ1v) is 7.59. The van der Waals surface area contributed by atoms with Crippen LogP contribution in [-0.4, -0.2) is 48.7 Å². The van der Waals surface area contributed by atoms with Gasteiger partial charge in [0.05, 0.1) is 18.7 Å². The molecule has 102 valence electrons. The standard InChI is InChI=1S/C14H19N3OS/c1-2-5-13-12(4-1)14(19-16-13)15-6-3-7-17-8-10-18-11-9-17/h1-2,4-5,15H,3,6-11H2. The van der Waals surface area contributed by atoms with Crippen molar-refractivity contribution in [1.29, 1.82) is 0 Å². The largest absolute Gasteiger partial charge is 0.379 e. The normalized spacial score (nSPS) is 16.8. The Morgan fingerprint density at radius 3 is 3.00 bits per heavy atom. The highest BCUT2D eigenvalue weighted by atomic mass is 32.1. The van der Waals surface area contributed by atoms with E-state index in [1.807, 2.05) is 6.07 Å². The third kappa shape index (κ3) is 3.23. The molecular formula is C14H19N3OS. The van der Waals surface area contributed by atoms with Crippen LogP contribution in [0.2, 0.25) is 0 Å². The summed E-state index contributed by atoms with van der Waals surface area (Å²) in [5.74, 6) is 0. The van der Waals surface area contributed by atoms with E-state index in [4.69, 9.17) is 4.74 Å². The van der Waals surface area contributed by atoms with Crippen molar-refractivity contribution in [2.45, 2.75) is 6.42 Å². The van der Waals surface area contributed by atoms with Crippen molar-refractivity contribution in [1.82, 2.24) is 9.27 Å². The van der Waals surface area contributed by atoms with Gasteiger partial charge in [-0.05, 0) is 36.6 Å². The molecule has 3 rings (SSSR count). The maximum atomic E-state index is 5.35.